The van der Waals surface area contributed by atoms with E-state index in [0.29, 0.717) is 11.4 Å². The molecule has 0 radical (unpaired) electrons. The molecule has 1 heterocycles. The number of nitrogens with one attached hydrogen (secondary N) is 1. The maximum Gasteiger partial charge on any atom is 0.417 e. The van der Waals surface area contributed by atoms with Gasteiger partial charge >= 0.3 is 16.3 Å². The molecule has 0 bridgehead atoms. The van der Waals surface area contributed by atoms with Crippen molar-refractivity contribution in [2.24, 2.45) is 5.10 Å². The second-order valence-corrected chi connectivity index (χ2v) is 8.63. The highest BCUT2D eigenvalue weighted by molar-refractivity contribution is 7.88. The minimum atomic E-state index is -4.72. The molecular formula is C18H17F3N2O4S. The van der Waals surface area contributed by atoms with E-state index in [2.05, 4.69) is 10.5 Å². The van der Waals surface area contributed by atoms with Crippen LogP contribution in [0.15, 0.2) is 47.6 Å². The smallest absolute Gasteiger partial charge is 0.417 e. The molecule has 2 aromatic carbocycles. The average molecular weight is 414 g/mol. The lowest BCUT2D eigenvalue weighted by Crippen LogP contribution is -2.40. The zero-order chi connectivity index (χ0) is 20.7. The fourth-order valence-electron chi connectivity index (χ4n) is 2.76. The van der Waals surface area contributed by atoms with E-state index >= 15 is 0 Å². The number of hydrazone groups is 1. The van der Waals surface area contributed by atoms with Crippen LogP contribution in [0.25, 0.3) is 0 Å². The van der Waals surface area contributed by atoms with Crippen LogP contribution in [-0.2, 0) is 25.2 Å². The molecule has 0 saturated heterocycles. The number of benzene rings is 2. The summed E-state index contributed by atoms with van der Waals surface area (Å²) in [6.45, 7) is 2.57. The van der Waals surface area contributed by atoms with E-state index in [9.17, 15) is 21.6 Å². The molecule has 1 N–H and O–H groups in total. The Bertz CT molecular complexity index is 1030. The molecule has 0 spiro atoms. The molecule has 28 heavy (non-hydrogen) atoms. The molecule has 10 heteroatoms. The van der Waals surface area contributed by atoms with Gasteiger partial charge in [0.1, 0.15) is 10.5 Å². The molecule has 2 aromatic rings. The highest BCUT2D eigenvalue weighted by atomic mass is 32.2. The summed E-state index contributed by atoms with van der Waals surface area (Å²) in [5.41, 5.74) is 1.46. The molecule has 0 aromatic heterocycles. The zero-order valence-corrected chi connectivity index (χ0v) is 16.0. The SMILES string of the molecule is COc1ccc(N/N=C2\OS(=O)(=O)C(C)(C)c3cccc(C(F)(F)F)c32)cc1. The number of hydrogen-bond donors (Lipinski definition) is 1. The van der Waals surface area contributed by atoms with Crippen molar-refractivity contribution in [2.45, 2.75) is 24.8 Å². The summed E-state index contributed by atoms with van der Waals surface area (Å²) >= 11 is 0. The second kappa shape index (κ2) is 6.69. The van der Waals surface area contributed by atoms with E-state index in [1.165, 1.54) is 33.1 Å². The van der Waals surface area contributed by atoms with E-state index in [1.807, 2.05) is 0 Å². The first-order chi connectivity index (χ1) is 13.0. The van der Waals surface area contributed by atoms with Crippen LogP contribution in [-0.4, -0.2) is 21.4 Å². The molecule has 3 rings (SSSR count). The molecule has 0 aliphatic carbocycles. The number of hydrogen-bond acceptors (Lipinski definition) is 6. The van der Waals surface area contributed by atoms with Gasteiger partial charge in [-0.05, 0) is 49.7 Å². The molecule has 0 atom stereocenters. The number of fused-ring (bicyclic) bond motifs is 1. The molecule has 0 saturated carbocycles. The van der Waals surface area contributed by atoms with Crippen LogP contribution >= 0.6 is 0 Å². The number of alkyl halides is 3. The second-order valence-electron chi connectivity index (χ2n) is 6.53. The highest BCUT2D eigenvalue weighted by Gasteiger charge is 2.49. The quantitative estimate of drug-likeness (QED) is 0.605. The Balaban J connectivity index is 2.14. The Morgan fingerprint density at radius 3 is 2.32 bits per heavy atom. The number of anilines is 1. The van der Waals surface area contributed by atoms with Crippen molar-refractivity contribution in [3.63, 3.8) is 0 Å². The van der Waals surface area contributed by atoms with Crippen molar-refractivity contribution in [1.82, 2.24) is 0 Å². The summed E-state index contributed by atoms with van der Waals surface area (Å²) < 4.78 is 73.9. The number of methoxy groups -OCH3 is 1. The lowest BCUT2D eigenvalue weighted by molar-refractivity contribution is -0.137. The molecule has 1 aliphatic heterocycles. The van der Waals surface area contributed by atoms with Crippen LogP contribution in [0.3, 0.4) is 0 Å². The molecule has 1 aliphatic rings. The molecule has 0 fully saturated rings. The largest absolute Gasteiger partial charge is 0.497 e. The normalized spacial score (nSPS) is 18.9. The maximum atomic E-state index is 13.5. The van der Waals surface area contributed by atoms with Gasteiger partial charge in [0.2, 0.25) is 0 Å². The molecule has 0 amide bonds. The number of nitrogens with zero attached hydrogens (tertiary/aromatic N) is 1. The number of halogens is 3. The van der Waals surface area contributed by atoms with Crippen LogP contribution in [0.4, 0.5) is 18.9 Å². The summed E-state index contributed by atoms with van der Waals surface area (Å²) in [4.78, 5) is 0. The standard InChI is InChI=1S/C18H17F3N2O4S/c1-17(2)13-5-4-6-14(18(19,20)21)15(13)16(27-28(17,24)25)23-22-11-7-9-12(26-3)10-8-11/h4-10,22H,1-3H3/b23-16-. The lowest BCUT2D eigenvalue weighted by atomic mass is 9.92. The van der Waals surface area contributed by atoms with Gasteiger partial charge in [-0.3, -0.25) is 5.43 Å². The van der Waals surface area contributed by atoms with Crippen molar-refractivity contribution in [3.8, 4) is 5.75 Å². The predicted molar refractivity (Wildman–Crippen MR) is 97.6 cm³/mol. The highest BCUT2D eigenvalue weighted by Crippen LogP contribution is 2.43. The van der Waals surface area contributed by atoms with Gasteiger partial charge < -0.3 is 8.92 Å². The van der Waals surface area contributed by atoms with E-state index in [1.54, 1.807) is 24.3 Å². The summed E-state index contributed by atoms with van der Waals surface area (Å²) in [5, 5.41) is 3.81. The van der Waals surface area contributed by atoms with Crippen LogP contribution in [0.2, 0.25) is 0 Å². The third-order valence-corrected chi connectivity index (χ3v) is 6.27. The van der Waals surface area contributed by atoms with E-state index in [4.69, 9.17) is 8.92 Å². The van der Waals surface area contributed by atoms with Gasteiger partial charge in [0.15, 0.2) is 0 Å². The number of rotatable bonds is 3. The third-order valence-electron chi connectivity index (χ3n) is 4.42. The fourth-order valence-corrected chi connectivity index (χ4v) is 3.74. The van der Waals surface area contributed by atoms with Crippen molar-refractivity contribution >= 4 is 21.7 Å². The Kier molecular flexibility index (Phi) is 4.78. The Morgan fingerprint density at radius 2 is 1.75 bits per heavy atom. The monoisotopic (exact) mass is 414 g/mol. The molecule has 6 nitrogen and oxygen atoms in total. The van der Waals surface area contributed by atoms with Gasteiger partial charge in [-0.2, -0.15) is 21.6 Å². The van der Waals surface area contributed by atoms with Crippen molar-refractivity contribution in [2.75, 3.05) is 12.5 Å². The molecule has 150 valence electrons. The van der Waals surface area contributed by atoms with Gasteiger partial charge in [0.05, 0.1) is 23.9 Å². The Labute approximate surface area is 160 Å². The first-order valence-electron chi connectivity index (χ1n) is 8.10. The van der Waals surface area contributed by atoms with Crippen molar-refractivity contribution < 1.29 is 30.5 Å². The van der Waals surface area contributed by atoms with E-state index in [0.717, 1.165) is 6.07 Å². The predicted octanol–water partition coefficient (Wildman–Crippen LogP) is 4.08. The third kappa shape index (κ3) is 3.39. The Morgan fingerprint density at radius 1 is 1.11 bits per heavy atom. The van der Waals surface area contributed by atoms with Crippen LogP contribution in [0.1, 0.15) is 30.5 Å². The van der Waals surface area contributed by atoms with Crippen LogP contribution in [0, 0.1) is 0 Å². The summed E-state index contributed by atoms with van der Waals surface area (Å²) in [6, 6.07) is 9.71. The van der Waals surface area contributed by atoms with Crippen molar-refractivity contribution in [1.29, 1.82) is 0 Å². The minimum Gasteiger partial charge on any atom is -0.497 e. The van der Waals surface area contributed by atoms with Gasteiger partial charge in [0, 0.05) is 0 Å². The molecular weight excluding hydrogens is 397 g/mol. The first-order valence-corrected chi connectivity index (χ1v) is 9.51. The first kappa shape index (κ1) is 20.0. The average Bonchev–Trinajstić information content (AvgIpc) is 2.63. The van der Waals surface area contributed by atoms with Crippen LogP contribution in [0.5, 0.6) is 5.75 Å². The Hall–Kier alpha value is -2.75. The lowest BCUT2D eigenvalue weighted by Gasteiger charge is -2.33. The van der Waals surface area contributed by atoms with Gasteiger partial charge in [-0.25, -0.2) is 0 Å². The fraction of sp³-hybridized carbons (Fsp3) is 0.278. The molecule has 0 unspecified atom stereocenters. The minimum absolute atomic E-state index is 0.0381. The van der Waals surface area contributed by atoms with Crippen molar-refractivity contribution in [3.05, 3.63) is 59.2 Å². The maximum absolute atomic E-state index is 13.5. The van der Waals surface area contributed by atoms with Gasteiger partial charge in [-0.15, -0.1) is 5.10 Å². The number of ether oxygens (including phenoxy) is 1. The van der Waals surface area contributed by atoms with E-state index < -0.39 is 38.1 Å². The topological polar surface area (TPSA) is 77.0 Å². The zero-order valence-electron chi connectivity index (χ0n) is 15.2. The van der Waals surface area contributed by atoms with Crippen LogP contribution < -0.4 is 10.2 Å². The van der Waals surface area contributed by atoms with Gasteiger partial charge in [-0.1, -0.05) is 12.1 Å². The van der Waals surface area contributed by atoms with E-state index in [-0.39, 0.29) is 5.56 Å². The van der Waals surface area contributed by atoms with Gasteiger partial charge in [0.25, 0.3) is 5.90 Å². The summed E-state index contributed by atoms with van der Waals surface area (Å²) in [5.74, 6) is -0.0979. The summed E-state index contributed by atoms with van der Waals surface area (Å²) in [6.07, 6.45) is -4.72. The summed E-state index contributed by atoms with van der Waals surface area (Å²) in [7, 11) is -2.77.